The summed E-state index contributed by atoms with van der Waals surface area (Å²) in [6.45, 7) is 7.15. The molecule has 4 rings (SSSR count). The Bertz CT molecular complexity index is 940. The second-order valence-electron chi connectivity index (χ2n) is 7.48. The summed E-state index contributed by atoms with van der Waals surface area (Å²) in [6.07, 6.45) is 4.88. The molecule has 1 aliphatic heterocycles. The molecule has 2 N–H and O–H groups in total. The minimum atomic E-state index is -0.0377. The van der Waals surface area contributed by atoms with Crippen molar-refractivity contribution in [1.29, 1.82) is 0 Å². The molecule has 1 amide bonds. The molecule has 1 aliphatic rings. The third-order valence-electron chi connectivity index (χ3n) is 4.77. The van der Waals surface area contributed by atoms with Crippen molar-refractivity contribution in [2.45, 2.75) is 26.8 Å². The summed E-state index contributed by atoms with van der Waals surface area (Å²) in [6, 6.07) is 8.10. The number of nitrogens with one attached hydrogen (secondary N) is 2. The van der Waals surface area contributed by atoms with E-state index in [2.05, 4.69) is 41.0 Å². The topological polar surface area (TPSA) is 73.9 Å². The van der Waals surface area contributed by atoms with Gasteiger partial charge in [-0.1, -0.05) is 32.9 Å². The highest BCUT2D eigenvalue weighted by atomic mass is 16.2. The third kappa shape index (κ3) is 2.63. The van der Waals surface area contributed by atoms with Crippen LogP contribution < -0.4 is 10.2 Å². The Labute approximate surface area is 146 Å². The molecule has 0 spiro atoms. The zero-order valence-electron chi connectivity index (χ0n) is 14.6. The predicted molar refractivity (Wildman–Crippen MR) is 98.9 cm³/mol. The molecule has 25 heavy (non-hydrogen) atoms. The van der Waals surface area contributed by atoms with Gasteiger partial charge in [0, 0.05) is 30.4 Å². The summed E-state index contributed by atoms with van der Waals surface area (Å²) in [7, 11) is 0. The van der Waals surface area contributed by atoms with Gasteiger partial charge in [0.15, 0.2) is 0 Å². The summed E-state index contributed by atoms with van der Waals surface area (Å²) >= 11 is 0. The van der Waals surface area contributed by atoms with E-state index in [-0.39, 0.29) is 17.4 Å². The van der Waals surface area contributed by atoms with Gasteiger partial charge in [-0.2, -0.15) is 0 Å². The molecule has 0 fully saturated rings. The predicted octanol–water partition coefficient (Wildman–Crippen LogP) is 3.44. The lowest BCUT2D eigenvalue weighted by atomic mass is 9.84. The van der Waals surface area contributed by atoms with Crippen molar-refractivity contribution in [2.75, 3.05) is 16.8 Å². The van der Waals surface area contributed by atoms with Crippen molar-refractivity contribution in [3.63, 3.8) is 0 Å². The van der Waals surface area contributed by atoms with Crippen LogP contribution in [0, 0.1) is 5.41 Å². The smallest absolute Gasteiger partial charge is 0.260 e. The SMILES string of the molecule is CC(C)(C)[C@@H]1CN(C(=O)c2c[nH]c3ncncc23)c2ccccc2N1. The van der Waals surface area contributed by atoms with Gasteiger partial charge in [-0.25, -0.2) is 9.97 Å². The maximum Gasteiger partial charge on any atom is 0.260 e. The number of carbonyl (C=O) groups excluding carboxylic acids is 1. The van der Waals surface area contributed by atoms with Crippen LogP contribution in [-0.2, 0) is 0 Å². The van der Waals surface area contributed by atoms with Gasteiger partial charge in [-0.3, -0.25) is 4.79 Å². The van der Waals surface area contributed by atoms with E-state index in [1.165, 1.54) is 6.33 Å². The number of para-hydroxylation sites is 2. The lowest BCUT2D eigenvalue weighted by Gasteiger charge is -2.41. The number of aromatic nitrogens is 3. The molecule has 0 saturated heterocycles. The Kier molecular flexibility index (Phi) is 3.49. The lowest BCUT2D eigenvalue weighted by molar-refractivity contribution is 0.0983. The molecule has 2 aromatic heterocycles. The fourth-order valence-electron chi connectivity index (χ4n) is 3.21. The number of hydrogen-bond acceptors (Lipinski definition) is 4. The number of nitrogens with zero attached hydrogens (tertiary/aromatic N) is 3. The highest BCUT2D eigenvalue weighted by Crippen LogP contribution is 2.36. The van der Waals surface area contributed by atoms with Gasteiger partial charge in [-0.15, -0.1) is 0 Å². The number of hydrogen-bond donors (Lipinski definition) is 2. The van der Waals surface area contributed by atoms with Crippen LogP contribution in [0.3, 0.4) is 0 Å². The van der Waals surface area contributed by atoms with Crippen molar-refractivity contribution in [3.8, 4) is 0 Å². The Morgan fingerprint density at radius 1 is 1.28 bits per heavy atom. The first-order valence-corrected chi connectivity index (χ1v) is 8.39. The summed E-state index contributed by atoms with van der Waals surface area (Å²) in [4.78, 5) is 26.5. The van der Waals surface area contributed by atoms with Crippen molar-refractivity contribution in [1.82, 2.24) is 15.0 Å². The molecule has 0 bridgehead atoms. The molecular formula is C19H21N5O. The number of carbonyl (C=O) groups is 1. The van der Waals surface area contributed by atoms with Crippen LogP contribution in [0.2, 0.25) is 0 Å². The fraction of sp³-hybridized carbons (Fsp3) is 0.316. The molecule has 1 aromatic carbocycles. The van der Waals surface area contributed by atoms with Gasteiger partial charge >= 0.3 is 0 Å². The normalized spacial score (nSPS) is 17.2. The fourth-order valence-corrected chi connectivity index (χ4v) is 3.21. The first kappa shape index (κ1) is 15.6. The maximum atomic E-state index is 13.3. The highest BCUT2D eigenvalue weighted by molar-refractivity contribution is 6.14. The van der Waals surface area contributed by atoms with Gasteiger partial charge < -0.3 is 15.2 Å². The van der Waals surface area contributed by atoms with Crippen LogP contribution in [-0.4, -0.2) is 33.4 Å². The van der Waals surface area contributed by atoms with Crippen LogP contribution in [0.15, 0.2) is 43.0 Å². The Morgan fingerprint density at radius 3 is 2.88 bits per heavy atom. The first-order chi connectivity index (χ1) is 11.9. The summed E-state index contributed by atoms with van der Waals surface area (Å²) in [5, 5.41) is 4.32. The zero-order valence-corrected chi connectivity index (χ0v) is 14.6. The van der Waals surface area contributed by atoms with Crippen LogP contribution in [0.4, 0.5) is 11.4 Å². The minimum Gasteiger partial charge on any atom is -0.378 e. The maximum absolute atomic E-state index is 13.3. The van der Waals surface area contributed by atoms with E-state index in [1.54, 1.807) is 12.4 Å². The van der Waals surface area contributed by atoms with Gasteiger partial charge in [0.25, 0.3) is 5.91 Å². The van der Waals surface area contributed by atoms with Crippen molar-refractivity contribution >= 4 is 28.3 Å². The first-order valence-electron chi connectivity index (χ1n) is 8.39. The molecule has 0 radical (unpaired) electrons. The van der Waals surface area contributed by atoms with Crippen LogP contribution in [0.1, 0.15) is 31.1 Å². The van der Waals surface area contributed by atoms with Crippen LogP contribution >= 0.6 is 0 Å². The standard InChI is InChI=1S/C19H21N5O/c1-19(2,3)16-10-24(15-7-5-4-6-14(15)23-16)18(25)13-9-21-17-12(13)8-20-11-22-17/h4-9,11,16,23H,10H2,1-3H3,(H,20,21,22)/t16-/m0/s1. The monoisotopic (exact) mass is 335 g/mol. The molecule has 3 heterocycles. The molecule has 0 unspecified atom stereocenters. The average Bonchev–Trinajstić information content (AvgIpc) is 3.03. The van der Waals surface area contributed by atoms with E-state index in [0.717, 1.165) is 16.8 Å². The summed E-state index contributed by atoms with van der Waals surface area (Å²) in [5.74, 6) is -0.0377. The summed E-state index contributed by atoms with van der Waals surface area (Å²) < 4.78 is 0. The highest BCUT2D eigenvalue weighted by Gasteiger charge is 2.35. The third-order valence-corrected chi connectivity index (χ3v) is 4.77. The average molecular weight is 335 g/mol. The number of H-pyrrole nitrogens is 1. The zero-order chi connectivity index (χ0) is 17.6. The van der Waals surface area contributed by atoms with Gasteiger partial charge in [0.2, 0.25) is 0 Å². The van der Waals surface area contributed by atoms with Gasteiger partial charge in [0.1, 0.15) is 12.0 Å². The molecule has 0 saturated carbocycles. The quantitative estimate of drug-likeness (QED) is 0.714. The van der Waals surface area contributed by atoms with Crippen molar-refractivity contribution in [3.05, 3.63) is 48.5 Å². The molecule has 0 aliphatic carbocycles. The Balaban J connectivity index is 1.79. The molecular weight excluding hydrogens is 314 g/mol. The van der Waals surface area contributed by atoms with E-state index in [9.17, 15) is 4.79 Å². The van der Waals surface area contributed by atoms with E-state index >= 15 is 0 Å². The largest absolute Gasteiger partial charge is 0.378 e. The van der Waals surface area contributed by atoms with Crippen LogP contribution in [0.5, 0.6) is 0 Å². The number of anilines is 2. The number of aromatic amines is 1. The lowest BCUT2D eigenvalue weighted by Crippen LogP contribution is -2.50. The van der Waals surface area contributed by atoms with Crippen molar-refractivity contribution in [2.24, 2.45) is 5.41 Å². The van der Waals surface area contributed by atoms with Crippen molar-refractivity contribution < 1.29 is 4.79 Å². The second kappa shape index (κ2) is 5.58. The molecule has 128 valence electrons. The van der Waals surface area contributed by atoms with Crippen LogP contribution in [0.25, 0.3) is 11.0 Å². The number of benzene rings is 1. The second-order valence-corrected chi connectivity index (χ2v) is 7.48. The van der Waals surface area contributed by atoms with Gasteiger partial charge in [-0.05, 0) is 17.5 Å². The van der Waals surface area contributed by atoms with E-state index < -0.39 is 0 Å². The Morgan fingerprint density at radius 2 is 2.08 bits per heavy atom. The number of amides is 1. The molecule has 6 nitrogen and oxygen atoms in total. The van der Waals surface area contributed by atoms with E-state index in [0.29, 0.717) is 17.8 Å². The molecule has 6 heteroatoms. The minimum absolute atomic E-state index is 0.0232. The Hall–Kier alpha value is -2.89. The summed E-state index contributed by atoms with van der Waals surface area (Å²) in [5.41, 5.74) is 3.18. The van der Waals surface area contributed by atoms with E-state index in [4.69, 9.17) is 0 Å². The number of rotatable bonds is 1. The van der Waals surface area contributed by atoms with Gasteiger partial charge in [0.05, 0.1) is 16.9 Å². The molecule has 3 aromatic rings. The number of fused-ring (bicyclic) bond motifs is 2. The van der Waals surface area contributed by atoms with E-state index in [1.807, 2.05) is 29.2 Å². The molecule has 1 atom stereocenters.